The van der Waals surface area contributed by atoms with Gasteiger partial charge in [-0.2, -0.15) is 0 Å². The van der Waals surface area contributed by atoms with Crippen LogP contribution in [0.25, 0.3) is 11.0 Å². The molecule has 0 saturated carbocycles. The molecule has 0 saturated heterocycles. The molecular weight excluding hydrogens is 512 g/mol. The van der Waals surface area contributed by atoms with Crippen LogP contribution in [-0.4, -0.2) is 36.0 Å². The number of phenols is 2. The minimum atomic E-state index is -0.345. The van der Waals surface area contributed by atoms with Crippen LogP contribution in [0.2, 0.25) is 0 Å². The van der Waals surface area contributed by atoms with Gasteiger partial charge in [0.05, 0.1) is 14.2 Å². The van der Waals surface area contributed by atoms with E-state index in [1.54, 1.807) is 32.2 Å². The van der Waals surface area contributed by atoms with Crippen molar-refractivity contribution in [3.05, 3.63) is 111 Å². The third-order valence-electron chi connectivity index (χ3n) is 6.25. The Morgan fingerprint density at radius 1 is 1.00 bits per heavy atom. The summed E-state index contributed by atoms with van der Waals surface area (Å²) in [5.41, 5.74) is 2.55. The van der Waals surface area contributed by atoms with Crippen LogP contribution in [0.3, 0.4) is 0 Å². The predicted octanol–water partition coefficient (Wildman–Crippen LogP) is 5.59. The lowest BCUT2D eigenvalue weighted by molar-refractivity contribution is -0.117. The highest BCUT2D eigenvalue weighted by atomic mass is 16.5. The van der Waals surface area contributed by atoms with Gasteiger partial charge in [0.2, 0.25) is 5.78 Å². The first-order valence-corrected chi connectivity index (χ1v) is 12.4. The fourth-order valence-electron chi connectivity index (χ4n) is 4.17. The normalized spacial score (nSPS) is 13.4. The molecule has 0 amide bonds. The van der Waals surface area contributed by atoms with Gasteiger partial charge in [0, 0.05) is 35.3 Å². The molecule has 2 aromatic carbocycles. The minimum Gasteiger partial charge on any atom is -0.507 e. The van der Waals surface area contributed by atoms with E-state index in [1.165, 1.54) is 31.4 Å². The van der Waals surface area contributed by atoms with Crippen molar-refractivity contribution in [3.8, 4) is 17.2 Å². The van der Waals surface area contributed by atoms with Crippen LogP contribution in [0.15, 0.2) is 93.4 Å². The summed E-state index contributed by atoms with van der Waals surface area (Å²) in [6.45, 7) is 9.26. The van der Waals surface area contributed by atoms with E-state index in [-0.39, 0.29) is 51.1 Å². The lowest BCUT2D eigenvalue weighted by Gasteiger charge is -2.18. The van der Waals surface area contributed by atoms with Crippen LogP contribution < -0.4 is 10.2 Å². The average molecular weight is 545 g/mol. The highest BCUT2D eigenvalue weighted by Gasteiger charge is 2.26. The molecule has 1 unspecified atom stereocenters. The van der Waals surface area contributed by atoms with Crippen molar-refractivity contribution in [2.24, 2.45) is 0 Å². The first kappa shape index (κ1) is 29.7. The van der Waals surface area contributed by atoms with Gasteiger partial charge in [-0.05, 0) is 51.0 Å². The highest BCUT2D eigenvalue weighted by molar-refractivity contribution is 6.19. The maximum atomic E-state index is 12.2. The van der Waals surface area contributed by atoms with Gasteiger partial charge >= 0.3 is 0 Å². The molecule has 1 heterocycles. The number of methoxy groups -OCH3 is 2. The molecular formula is C32H32O8. The van der Waals surface area contributed by atoms with Gasteiger partial charge in [-0.1, -0.05) is 29.9 Å². The van der Waals surface area contributed by atoms with Gasteiger partial charge in [-0.3, -0.25) is 14.4 Å². The van der Waals surface area contributed by atoms with E-state index < -0.39 is 0 Å². The summed E-state index contributed by atoms with van der Waals surface area (Å²) < 4.78 is 15.3. The van der Waals surface area contributed by atoms with E-state index in [4.69, 9.17) is 13.9 Å². The van der Waals surface area contributed by atoms with Crippen molar-refractivity contribution >= 4 is 22.5 Å². The summed E-state index contributed by atoms with van der Waals surface area (Å²) in [6, 6.07) is 10.00. The number of benzene rings is 2. The summed E-state index contributed by atoms with van der Waals surface area (Å²) in [7, 11) is 2.95. The Hall–Kier alpha value is -4.85. The number of fused-ring (bicyclic) bond motifs is 1. The Labute approximate surface area is 232 Å². The van der Waals surface area contributed by atoms with Crippen molar-refractivity contribution in [1.82, 2.24) is 0 Å². The van der Waals surface area contributed by atoms with Gasteiger partial charge in [-0.15, -0.1) is 6.58 Å². The zero-order valence-corrected chi connectivity index (χ0v) is 23.1. The van der Waals surface area contributed by atoms with E-state index in [1.807, 2.05) is 32.1 Å². The van der Waals surface area contributed by atoms with Crippen molar-refractivity contribution in [2.45, 2.75) is 33.1 Å². The van der Waals surface area contributed by atoms with E-state index in [9.17, 15) is 24.6 Å². The van der Waals surface area contributed by atoms with Crippen molar-refractivity contribution in [3.63, 3.8) is 0 Å². The number of allylic oxidation sites excluding steroid dienone is 6. The summed E-state index contributed by atoms with van der Waals surface area (Å²) >= 11 is 0. The summed E-state index contributed by atoms with van der Waals surface area (Å²) in [6.07, 6.45) is 6.42. The monoisotopic (exact) mass is 544 g/mol. The third kappa shape index (κ3) is 6.58. The van der Waals surface area contributed by atoms with Crippen LogP contribution in [0.1, 0.15) is 36.7 Å². The Morgan fingerprint density at radius 3 is 2.25 bits per heavy atom. The number of ether oxygens (including phenoxy) is 2. The molecule has 2 N–H and O–H groups in total. The van der Waals surface area contributed by atoms with Gasteiger partial charge < -0.3 is 24.1 Å². The van der Waals surface area contributed by atoms with Crippen LogP contribution in [-0.2, 0) is 20.7 Å². The molecule has 1 aliphatic rings. The predicted molar refractivity (Wildman–Crippen MR) is 153 cm³/mol. The number of rotatable bonds is 7. The quantitative estimate of drug-likeness (QED) is 0.291. The molecule has 0 spiro atoms. The van der Waals surface area contributed by atoms with Crippen molar-refractivity contribution < 1.29 is 33.7 Å². The number of carbonyl (C=O) groups is 2. The molecule has 1 atom stereocenters. The van der Waals surface area contributed by atoms with E-state index in [0.29, 0.717) is 23.3 Å². The first-order valence-electron chi connectivity index (χ1n) is 12.4. The molecule has 0 aliphatic heterocycles. The van der Waals surface area contributed by atoms with Crippen LogP contribution in [0, 0.1) is 6.92 Å². The molecule has 40 heavy (non-hydrogen) atoms. The number of ketones is 2. The van der Waals surface area contributed by atoms with E-state index in [0.717, 1.165) is 16.9 Å². The van der Waals surface area contributed by atoms with Crippen LogP contribution in [0.5, 0.6) is 17.2 Å². The minimum absolute atomic E-state index is 0.0568. The van der Waals surface area contributed by atoms with Gasteiger partial charge in [-0.25, -0.2) is 0 Å². The topological polar surface area (TPSA) is 123 Å². The second-order valence-corrected chi connectivity index (χ2v) is 9.33. The number of aryl methyl sites for hydroxylation is 1. The molecule has 0 radical (unpaired) electrons. The molecule has 3 aromatic rings. The number of carbonyl (C=O) groups excluding carboxylic acids is 2. The average Bonchev–Trinajstić information content (AvgIpc) is 2.90. The summed E-state index contributed by atoms with van der Waals surface area (Å²) in [4.78, 5) is 35.9. The third-order valence-corrected chi connectivity index (χ3v) is 6.25. The number of aromatic hydroxyl groups is 2. The molecule has 8 nitrogen and oxygen atoms in total. The first-order chi connectivity index (χ1) is 19.0. The Kier molecular flexibility index (Phi) is 9.50. The van der Waals surface area contributed by atoms with E-state index >= 15 is 0 Å². The Balaban J connectivity index is 0.000000222. The summed E-state index contributed by atoms with van der Waals surface area (Å²) in [5, 5.41) is 20.2. The molecule has 4 rings (SSSR count). The standard InChI is InChI=1S/C17H16O4.C15H16O4/c1-4-13(11-5-7-12(20-2)8-6-11)14-9-16(19)17(21-3)10-15(14)18;1-8(2)4-5-10-11(16)7-13-14(15(10)18)12(17)6-9(3)19-13/h4-10,13H,1H2,2-3H3;4,6-7,16,18H,5H2,1-3H3. The molecule has 8 heteroatoms. The maximum Gasteiger partial charge on any atom is 0.220 e. The van der Waals surface area contributed by atoms with Gasteiger partial charge in [0.15, 0.2) is 17.0 Å². The number of hydrogen-bond acceptors (Lipinski definition) is 8. The fourth-order valence-corrected chi connectivity index (χ4v) is 4.17. The smallest absolute Gasteiger partial charge is 0.220 e. The molecule has 208 valence electrons. The molecule has 0 bridgehead atoms. The Morgan fingerprint density at radius 2 is 1.68 bits per heavy atom. The second kappa shape index (κ2) is 12.8. The largest absolute Gasteiger partial charge is 0.507 e. The van der Waals surface area contributed by atoms with Crippen LogP contribution in [0.4, 0.5) is 0 Å². The maximum absolute atomic E-state index is 12.2. The van der Waals surface area contributed by atoms with Crippen molar-refractivity contribution in [2.75, 3.05) is 14.2 Å². The Bertz CT molecular complexity index is 1600. The molecule has 1 aromatic heterocycles. The number of hydrogen-bond donors (Lipinski definition) is 2. The molecule has 0 fully saturated rings. The van der Waals surface area contributed by atoms with E-state index in [2.05, 4.69) is 6.58 Å². The fraction of sp³-hybridized carbons (Fsp3) is 0.219. The zero-order chi connectivity index (χ0) is 29.6. The zero-order valence-electron chi connectivity index (χ0n) is 23.1. The van der Waals surface area contributed by atoms with Gasteiger partial charge in [0.1, 0.15) is 34.0 Å². The highest BCUT2D eigenvalue weighted by Crippen LogP contribution is 2.35. The SMILES string of the molecule is C=CC(C1=CC(=O)C(OC)=CC1=O)c1ccc(OC)cc1.CC(C)=CCc1c(O)cc2oc(C)cc(=O)c2c1O. The second-order valence-electron chi connectivity index (χ2n) is 9.33. The van der Waals surface area contributed by atoms with Crippen LogP contribution >= 0.6 is 0 Å². The number of phenolic OH excluding ortho intramolecular Hbond substituents is 2. The van der Waals surface area contributed by atoms with Crippen molar-refractivity contribution in [1.29, 1.82) is 0 Å². The lowest BCUT2D eigenvalue weighted by atomic mass is 9.85. The lowest BCUT2D eigenvalue weighted by Crippen LogP contribution is -2.18. The summed E-state index contributed by atoms with van der Waals surface area (Å²) in [5.74, 6) is 0.0388. The van der Waals surface area contributed by atoms with Gasteiger partial charge in [0.25, 0.3) is 0 Å². The molecule has 1 aliphatic carbocycles.